The molecule has 7 heteroatoms. The molecule has 14 heavy (non-hydrogen) atoms. The van der Waals surface area contributed by atoms with Crippen LogP contribution in [0.1, 0.15) is 22.3 Å². The number of hydrogen-bond acceptors (Lipinski definition) is 2. The summed E-state index contributed by atoms with van der Waals surface area (Å²) in [5, 5.41) is 8.58. The number of aromatic amines is 1. The number of hydrogen-bond donors (Lipinski definition) is 2. The first-order chi connectivity index (χ1) is 6.45. The van der Waals surface area contributed by atoms with Crippen molar-refractivity contribution in [2.75, 3.05) is 0 Å². The highest BCUT2D eigenvalue weighted by Crippen LogP contribution is 2.16. The molecule has 1 aromatic heterocycles. The summed E-state index contributed by atoms with van der Waals surface area (Å²) >= 11 is 1.56. The lowest BCUT2D eigenvalue weighted by molar-refractivity contribution is 0.0693. The second-order valence-electron chi connectivity index (χ2n) is 2.37. The molecule has 0 fully saturated rings. The summed E-state index contributed by atoms with van der Waals surface area (Å²) in [6, 6.07) is 0. The Morgan fingerprint density at radius 1 is 1.57 bits per heavy atom. The van der Waals surface area contributed by atoms with Crippen LogP contribution in [0.4, 0.5) is 8.78 Å². The van der Waals surface area contributed by atoms with Crippen LogP contribution in [0.25, 0.3) is 0 Å². The molecule has 0 bridgehead atoms. The van der Waals surface area contributed by atoms with E-state index in [1.807, 2.05) is 0 Å². The first kappa shape index (κ1) is 11.1. The summed E-state index contributed by atoms with van der Waals surface area (Å²) in [5.74, 6) is -1.52. The number of carboxylic acid groups (broad SMARTS) is 1. The van der Waals surface area contributed by atoms with E-state index in [1.165, 1.54) is 0 Å². The number of aromatic carboxylic acids is 1. The van der Waals surface area contributed by atoms with Crippen molar-refractivity contribution < 1.29 is 18.7 Å². The lowest BCUT2D eigenvalue weighted by atomic mass is 10.2. The number of halogens is 3. The van der Waals surface area contributed by atoms with Gasteiger partial charge in [0.15, 0.2) is 0 Å². The lowest BCUT2D eigenvalue weighted by Crippen LogP contribution is -2.21. The van der Waals surface area contributed by atoms with E-state index >= 15 is 0 Å². The molecule has 0 aromatic carbocycles. The second kappa shape index (κ2) is 4.03. The highest BCUT2D eigenvalue weighted by atomic mass is 127. The molecule has 1 heterocycles. The zero-order valence-corrected chi connectivity index (χ0v) is 8.71. The minimum atomic E-state index is -2.98. The molecule has 4 nitrogen and oxygen atoms in total. The van der Waals surface area contributed by atoms with Crippen molar-refractivity contribution >= 4 is 28.6 Å². The van der Waals surface area contributed by atoms with Crippen LogP contribution in [0.5, 0.6) is 0 Å². The summed E-state index contributed by atoms with van der Waals surface area (Å²) < 4.78 is 24.4. The number of H-pyrrole nitrogens is 1. The van der Waals surface area contributed by atoms with Crippen molar-refractivity contribution in [3.63, 3.8) is 0 Å². The Balaban J connectivity index is 3.50. The fourth-order valence-corrected chi connectivity index (χ4v) is 1.51. The second-order valence-corrected chi connectivity index (χ2v) is 3.45. The molecular weight excluding hydrogens is 311 g/mol. The van der Waals surface area contributed by atoms with Gasteiger partial charge < -0.3 is 10.1 Å². The van der Waals surface area contributed by atoms with E-state index in [4.69, 9.17) is 5.11 Å². The van der Waals surface area contributed by atoms with E-state index in [0.29, 0.717) is 0 Å². The van der Waals surface area contributed by atoms with Gasteiger partial charge in [-0.3, -0.25) is 4.79 Å². The van der Waals surface area contributed by atoms with Crippen molar-refractivity contribution in [2.24, 2.45) is 0 Å². The van der Waals surface area contributed by atoms with Crippen molar-refractivity contribution in [3.8, 4) is 0 Å². The van der Waals surface area contributed by atoms with Crippen molar-refractivity contribution in [1.82, 2.24) is 4.98 Å². The Labute approximate surface area is 90.1 Å². The summed E-state index contributed by atoms with van der Waals surface area (Å²) in [5.41, 5.74) is -2.62. The van der Waals surface area contributed by atoms with E-state index in [1.54, 1.807) is 22.6 Å². The molecule has 0 aliphatic rings. The molecule has 1 aromatic rings. The van der Waals surface area contributed by atoms with E-state index in [-0.39, 0.29) is 3.70 Å². The summed E-state index contributed by atoms with van der Waals surface area (Å²) in [6.45, 7) is 0. The lowest BCUT2D eigenvalue weighted by Gasteiger charge is -2.02. The minimum absolute atomic E-state index is 0.0319. The maximum Gasteiger partial charge on any atom is 0.342 e. The Kier molecular flexibility index (Phi) is 3.19. The highest BCUT2D eigenvalue weighted by Gasteiger charge is 2.20. The Bertz CT molecular complexity index is 429. The van der Waals surface area contributed by atoms with Crippen molar-refractivity contribution in [1.29, 1.82) is 0 Å². The van der Waals surface area contributed by atoms with Gasteiger partial charge in [-0.05, 0) is 22.6 Å². The van der Waals surface area contributed by atoms with Crippen LogP contribution < -0.4 is 5.43 Å². The van der Waals surface area contributed by atoms with Crippen molar-refractivity contribution in [3.05, 3.63) is 31.2 Å². The Morgan fingerprint density at radius 2 is 2.14 bits per heavy atom. The van der Waals surface area contributed by atoms with Gasteiger partial charge in [0.2, 0.25) is 5.43 Å². The number of alkyl halides is 2. The molecule has 0 saturated carbocycles. The molecular formula is C7H4F2INO3. The summed E-state index contributed by atoms with van der Waals surface area (Å²) in [6.07, 6.45) is -2.16. The van der Waals surface area contributed by atoms with Gasteiger partial charge in [-0.2, -0.15) is 0 Å². The third kappa shape index (κ3) is 1.91. The average molecular weight is 315 g/mol. The predicted octanol–water partition coefficient (Wildman–Crippen LogP) is 1.62. The maximum atomic E-state index is 12.2. The average Bonchev–Trinajstić information content (AvgIpc) is 2.02. The van der Waals surface area contributed by atoms with Gasteiger partial charge in [-0.25, -0.2) is 13.6 Å². The van der Waals surface area contributed by atoms with Gasteiger partial charge in [0, 0.05) is 6.20 Å². The van der Waals surface area contributed by atoms with Crippen LogP contribution in [0.3, 0.4) is 0 Å². The molecule has 1 rings (SSSR count). The summed E-state index contributed by atoms with van der Waals surface area (Å²) in [4.78, 5) is 24.0. The Morgan fingerprint density at radius 3 is 2.57 bits per heavy atom. The van der Waals surface area contributed by atoms with Gasteiger partial charge in [0.1, 0.15) is 5.56 Å². The van der Waals surface area contributed by atoms with Crippen LogP contribution in [0.2, 0.25) is 0 Å². The van der Waals surface area contributed by atoms with Crippen LogP contribution >= 0.6 is 22.6 Å². The summed E-state index contributed by atoms with van der Waals surface area (Å²) in [7, 11) is 0. The minimum Gasteiger partial charge on any atom is -0.477 e. The van der Waals surface area contributed by atoms with E-state index in [2.05, 4.69) is 4.98 Å². The molecule has 0 unspecified atom stereocenters. The van der Waals surface area contributed by atoms with Gasteiger partial charge in [0.05, 0.1) is 9.26 Å². The zero-order chi connectivity index (χ0) is 10.9. The van der Waals surface area contributed by atoms with Crippen LogP contribution in [-0.4, -0.2) is 16.1 Å². The molecule has 0 atom stereocenters. The van der Waals surface area contributed by atoms with E-state index in [0.717, 1.165) is 6.20 Å². The first-order valence-electron chi connectivity index (χ1n) is 3.37. The predicted molar refractivity (Wildman–Crippen MR) is 51.7 cm³/mol. The number of nitrogens with one attached hydrogen (secondary N) is 1. The fraction of sp³-hybridized carbons (Fsp3) is 0.143. The number of carbonyl (C=O) groups is 1. The van der Waals surface area contributed by atoms with Gasteiger partial charge in [0.25, 0.3) is 6.43 Å². The van der Waals surface area contributed by atoms with Gasteiger partial charge >= 0.3 is 5.97 Å². The molecule has 0 spiro atoms. The Hall–Kier alpha value is -0.990. The van der Waals surface area contributed by atoms with Crippen LogP contribution in [0, 0.1) is 3.70 Å². The van der Waals surface area contributed by atoms with Gasteiger partial charge in [-0.1, -0.05) is 0 Å². The zero-order valence-electron chi connectivity index (χ0n) is 6.55. The van der Waals surface area contributed by atoms with Gasteiger partial charge in [-0.15, -0.1) is 0 Å². The molecule has 0 amide bonds. The molecule has 0 aliphatic carbocycles. The quantitative estimate of drug-likeness (QED) is 0.643. The topological polar surface area (TPSA) is 70.2 Å². The maximum absolute atomic E-state index is 12.2. The number of aromatic nitrogens is 1. The molecule has 0 radical (unpaired) electrons. The molecule has 2 N–H and O–H groups in total. The molecule has 0 aliphatic heterocycles. The fourth-order valence-electron chi connectivity index (χ4n) is 0.876. The molecule has 0 saturated heterocycles. The molecule has 76 valence electrons. The largest absolute Gasteiger partial charge is 0.477 e. The first-order valence-corrected chi connectivity index (χ1v) is 4.45. The van der Waals surface area contributed by atoms with Crippen LogP contribution in [0.15, 0.2) is 11.0 Å². The number of carboxylic acids is 1. The van der Waals surface area contributed by atoms with E-state index in [9.17, 15) is 18.4 Å². The monoisotopic (exact) mass is 315 g/mol. The van der Waals surface area contributed by atoms with E-state index < -0.39 is 29.0 Å². The third-order valence-electron chi connectivity index (χ3n) is 1.51. The standard InChI is InChI=1S/C7H4F2INO3/c8-5(9)2-1-11-6(10)3(4(2)12)7(13)14/h1,5H,(H,11,12)(H,13,14). The third-order valence-corrected chi connectivity index (χ3v) is 2.36. The normalized spacial score (nSPS) is 10.6. The highest BCUT2D eigenvalue weighted by molar-refractivity contribution is 14.1. The smallest absolute Gasteiger partial charge is 0.342 e. The SMILES string of the molecule is O=C(O)c1c(I)[nH]cc(C(F)F)c1=O. The number of pyridine rings is 1. The van der Waals surface area contributed by atoms with Crippen molar-refractivity contribution in [2.45, 2.75) is 6.43 Å². The number of rotatable bonds is 2. The van der Waals surface area contributed by atoms with Crippen LogP contribution in [-0.2, 0) is 0 Å².